The predicted molar refractivity (Wildman–Crippen MR) is 74.0 cm³/mol. The Labute approximate surface area is 117 Å². The lowest BCUT2D eigenvalue weighted by molar-refractivity contribution is -0.122. The number of hydrogen-bond donors (Lipinski definition) is 2. The minimum absolute atomic E-state index is 0.0188. The number of nitrogens with one attached hydrogen (secondary N) is 2. The lowest BCUT2D eigenvalue weighted by atomic mass is 9.90. The molecule has 0 radical (unpaired) electrons. The summed E-state index contributed by atoms with van der Waals surface area (Å²) < 4.78 is 4.98. The van der Waals surface area contributed by atoms with E-state index in [-0.39, 0.29) is 11.8 Å². The molecule has 5 heteroatoms. The van der Waals surface area contributed by atoms with Gasteiger partial charge < -0.3 is 15.2 Å². The van der Waals surface area contributed by atoms with Crippen molar-refractivity contribution in [2.24, 2.45) is 0 Å². The van der Waals surface area contributed by atoms with Gasteiger partial charge in [0.15, 0.2) is 0 Å². The number of fused-ring (bicyclic) bond motifs is 1. The van der Waals surface area contributed by atoms with Crippen molar-refractivity contribution < 1.29 is 9.32 Å². The van der Waals surface area contributed by atoms with Crippen LogP contribution in [0.1, 0.15) is 28.5 Å². The molecule has 3 rings (SSSR count). The van der Waals surface area contributed by atoms with Gasteiger partial charge in [-0.1, -0.05) is 29.4 Å². The van der Waals surface area contributed by atoms with Crippen molar-refractivity contribution >= 4 is 5.91 Å². The molecule has 2 heterocycles. The molecular weight excluding hydrogens is 254 g/mol. The Morgan fingerprint density at radius 3 is 3.15 bits per heavy atom. The zero-order valence-corrected chi connectivity index (χ0v) is 11.3. The number of benzene rings is 1. The standard InChI is InChI=1S/C15H17N3O2/c1-10-6-12(18-20-10)8-17-15(19)14-9-16-7-11-4-2-3-5-13(11)14/h2-6,14,16H,7-9H2,1H3,(H,17,19). The molecule has 0 saturated carbocycles. The first-order chi connectivity index (χ1) is 9.74. The van der Waals surface area contributed by atoms with Crippen LogP contribution in [0.3, 0.4) is 0 Å². The van der Waals surface area contributed by atoms with Crippen LogP contribution in [-0.4, -0.2) is 17.6 Å². The van der Waals surface area contributed by atoms with Gasteiger partial charge in [0.05, 0.1) is 12.5 Å². The number of aromatic nitrogens is 1. The third kappa shape index (κ3) is 2.58. The number of carbonyl (C=O) groups excluding carboxylic acids is 1. The van der Waals surface area contributed by atoms with Gasteiger partial charge in [-0.15, -0.1) is 0 Å². The van der Waals surface area contributed by atoms with E-state index in [1.165, 1.54) is 5.56 Å². The van der Waals surface area contributed by atoms with Gasteiger partial charge in [0, 0.05) is 19.2 Å². The van der Waals surface area contributed by atoms with Crippen LogP contribution in [0.5, 0.6) is 0 Å². The van der Waals surface area contributed by atoms with E-state index in [4.69, 9.17) is 4.52 Å². The van der Waals surface area contributed by atoms with E-state index < -0.39 is 0 Å². The van der Waals surface area contributed by atoms with Crippen LogP contribution >= 0.6 is 0 Å². The Kier molecular flexibility index (Phi) is 3.52. The molecule has 0 aliphatic carbocycles. The van der Waals surface area contributed by atoms with Gasteiger partial charge in [0.1, 0.15) is 11.5 Å². The van der Waals surface area contributed by atoms with E-state index in [0.29, 0.717) is 13.1 Å². The van der Waals surface area contributed by atoms with Crippen molar-refractivity contribution in [3.63, 3.8) is 0 Å². The predicted octanol–water partition coefficient (Wildman–Crippen LogP) is 1.49. The monoisotopic (exact) mass is 271 g/mol. The van der Waals surface area contributed by atoms with E-state index in [1.54, 1.807) is 0 Å². The normalized spacial score (nSPS) is 17.6. The highest BCUT2D eigenvalue weighted by Gasteiger charge is 2.25. The molecule has 1 atom stereocenters. The second-order valence-electron chi connectivity index (χ2n) is 5.03. The molecule has 0 fully saturated rings. The van der Waals surface area contributed by atoms with Gasteiger partial charge in [0.2, 0.25) is 5.91 Å². The minimum Gasteiger partial charge on any atom is -0.361 e. The van der Waals surface area contributed by atoms with Crippen LogP contribution in [0.25, 0.3) is 0 Å². The van der Waals surface area contributed by atoms with Crippen LogP contribution in [0.4, 0.5) is 0 Å². The maximum absolute atomic E-state index is 12.3. The number of nitrogens with zero attached hydrogens (tertiary/aromatic N) is 1. The summed E-state index contributed by atoms with van der Waals surface area (Å²) in [5, 5.41) is 10.1. The summed E-state index contributed by atoms with van der Waals surface area (Å²) >= 11 is 0. The van der Waals surface area contributed by atoms with E-state index in [0.717, 1.165) is 23.6 Å². The van der Waals surface area contributed by atoms with Crippen molar-refractivity contribution in [1.29, 1.82) is 0 Å². The molecule has 2 aromatic rings. The molecule has 1 aromatic carbocycles. The Morgan fingerprint density at radius 1 is 1.50 bits per heavy atom. The fourth-order valence-electron chi connectivity index (χ4n) is 2.53. The van der Waals surface area contributed by atoms with Crippen molar-refractivity contribution in [1.82, 2.24) is 15.8 Å². The maximum atomic E-state index is 12.3. The number of rotatable bonds is 3. The molecule has 5 nitrogen and oxygen atoms in total. The van der Waals surface area contributed by atoms with Crippen molar-refractivity contribution in [3.8, 4) is 0 Å². The van der Waals surface area contributed by atoms with Gasteiger partial charge in [-0.05, 0) is 18.1 Å². The molecular formula is C15H17N3O2. The van der Waals surface area contributed by atoms with Gasteiger partial charge in [-0.25, -0.2) is 0 Å². The maximum Gasteiger partial charge on any atom is 0.229 e. The first kappa shape index (κ1) is 12.9. The molecule has 2 N–H and O–H groups in total. The minimum atomic E-state index is -0.145. The molecule has 1 amide bonds. The summed E-state index contributed by atoms with van der Waals surface area (Å²) in [6.07, 6.45) is 0. The zero-order valence-electron chi connectivity index (χ0n) is 11.3. The summed E-state index contributed by atoms with van der Waals surface area (Å²) in [5.41, 5.74) is 3.05. The van der Waals surface area contributed by atoms with Crippen LogP contribution in [0, 0.1) is 6.92 Å². The van der Waals surface area contributed by atoms with Crippen LogP contribution in [-0.2, 0) is 17.9 Å². The van der Waals surface area contributed by atoms with Crippen molar-refractivity contribution in [2.45, 2.75) is 25.9 Å². The average Bonchev–Trinajstić information content (AvgIpc) is 2.90. The van der Waals surface area contributed by atoms with Crippen LogP contribution < -0.4 is 10.6 Å². The Morgan fingerprint density at radius 2 is 2.35 bits per heavy atom. The third-order valence-corrected chi connectivity index (χ3v) is 3.53. The third-order valence-electron chi connectivity index (χ3n) is 3.53. The lowest BCUT2D eigenvalue weighted by Crippen LogP contribution is -2.38. The summed E-state index contributed by atoms with van der Waals surface area (Å²) in [4.78, 5) is 12.3. The van der Waals surface area contributed by atoms with Crippen molar-refractivity contribution in [3.05, 3.63) is 52.9 Å². The van der Waals surface area contributed by atoms with Gasteiger partial charge in [0.25, 0.3) is 0 Å². The quantitative estimate of drug-likeness (QED) is 0.887. The molecule has 1 aliphatic heterocycles. The summed E-state index contributed by atoms with van der Waals surface area (Å²) in [5.74, 6) is 0.622. The second-order valence-corrected chi connectivity index (χ2v) is 5.03. The molecule has 0 spiro atoms. The smallest absolute Gasteiger partial charge is 0.229 e. The molecule has 20 heavy (non-hydrogen) atoms. The first-order valence-corrected chi connectivity index (χ1v) is 6.72. The highest BCUT2D eigenvalue weighted by Crippen LogP contribution is 2.23. The van der Waals surface area contributed by atoms with E-state index in [2.05, 4.69) is 21.9 Å². The lowest BCUT2D eigenvalue weighted by Gasteiger charge is -2.25. The van der Waals surface area contributed by atoms with Crippen LogP contribution in [0.15, 0.2) is 34.9 Å². The number of amides is 1. The van der Waals surface area contributed by atoms with Gasteiger partial charge in [-0.2, -0.15) is 0 Å². The number of carbonyl (C=O) groups is 1. The highest BCUT2D eigenvalue weighted by molar-refractivity contribution is 5.84. The average molecular weight is 271 g/mol. The summed E-state index contributed by atoms with van der Waals surface area (Å²) in [6, 6.07) is 9.89. The fourth-order valence-corrected chi connectivity index (χ4v) is 2.53. The van der Waals surface area contributed by atoms with E-state index in [9.17, 15) is 4.79 Å². The number of hydrogen-bond acceptors (Lipinski definition) is 4. The molecule has 1 aliphatic rings. The summed E-state index contributed by atoms with van der Waals surface area (Å²) in [7, 11) is 0. The largest absolute Gasteiger partial charge is 0.361 e. The molecule has 1 unspecified atom stereocenters. The van der Waals surface area contributed by atoms with E-state index in [1.807, 2.05) is 31.2 Å². The molecule has 0 saturated heterocycles. The van der Waals surface area contributed by atoms with E-state index >= 15 is 0 Å². The SMILES string of the molecule is Cc1cc(CNC(=O)C2CNCc3ccccc32)no1. The first-order valence-electron chi connectivity index (χ1n) is 6.72. The fraction of sp³-hybridized carbons (Fsp3) is 0.333. The van der Waals surface area contributed by atoms with Gasteiger partial charge >= 0.3 is 0 Å². The molecule has 0 bridgehead atoms. The molecule has 104 valence electrons. The molecule has 1 aromatic heterocycles. The highest BCUT2D eigenvalue weighted by atomic mass is 16.5. The van der Waals surface area contributed by atoms with Gasteiger partial charge in [-0.3, -0.25) is 4.79 Å². The Hall–Kier alpha value is -2.14. The number of aryl methyl sites for hydroxylation is 1. The van der Waals surface area contributed by atoms with Crippen LogP contribution in [0.2, 0.25) is 0 Å². The second kappa shape index (κ2) is 5.46. The summed E-state index contributed by atoms with van der Waals surface area (Å²) in [6.45, 7) is 3.72. The Balaban J connectivity index is 1.69. The Bertz CT molecular complexity index is 621. The van der Waals surface area contributed by atoms with Crippen molar-refractivity contribution in [2.75, 3.05) is 6.54 Å². The zero-order chi connectivity index (χ0) is 13.9. The topological polar surface area (TPSA) is 67.2 Å².